The van der Waals surface area contributed by atoms with Gasteiger partial charge in [-0.15, -0.1) is 0 Å². The second-order valence-electron chi connectivity index (χ2n) is 4.22. The lowest BCUT2D eigenvalue weighted by molar-refractivity contribution is -0.116. The van der Waals surface area contributed by atoms with E-state index in [1.165, 1.54) is 18.2 Å². The molecule has 0 aliphatic rings. The Morgan fingerprint density at radius 2 is 2.00 bits per heavy atom. The normalized spacial score (nSPS) is 11.1. The lowest BCUT2D eigenvalue weighted by atomic mass is 10.2. The first-order valence-electron chi connectivity index (χ1n) is 6.28. The first-order chi connectivity index (χ1) is 10.5. The second-order valence-corrected chi connectivity index (χ2v) is 5.00. The Labute approximate surface area is 133 Å². The molecule has 1 N–H and O–H groups in total. The van der Waals surface area contributed by atoms with Gasteiger partial charge in [-0.05, 0) is 51.8 Å². The van der Waals surface area contributed by atoms with Crippen LogP contribution >= 0.6 is 15.9 Å². The Kier molecular flexibility index (Phi) is 5.71. The van der Waals surface area contributed by atoms with Crippen LogP contribution in [-0.2, 0) is 11.3 Å². The van der Waals surface area contributed by atoms with Gasteiger partial charge in [0.05, 0.1) is 0 Å². The molecule has 0 atom stereocenters. The van der Waals surface area contributed by atoms with Crippen LogP contribution in [-0.4, -0.2) is 12.5 Å². The highest BCUT2D eigenvalue weighted by molar-refractivity contribution is 9.10. The minimum Gasteiger partial charge on any atom is -0.450 e. The van der Waals surface area contributed by atoms with Crippen LogP contribution < -0.4 is 10.1 Å². The predicted molar refractivity (Wildman–Crippen MR) is 80.4 cm³/mol. The maximum atomic E-state index is 12.0. The number of benzene rings is 1. The highest BCUT2D eigenvalue weighted by Gasteiger charge is 2.04. The zero-order chi connectivity index (χ0) is 15.9. The highest BCUT2D eigenvalue weighted by atomic mass is 79.9. The zero-order valence-corrected chi connectivity index (χ0v) is 12.8. The Morgan fingerprint density at radius 3 is 2.59 bits per heavy atom. The van der Waals surface area contributed by atoms with Crippen molar-refractivity contribution >= 4 is 27.9 Å². The van der Waals surface area contributed by atoms with Crippen LogP contribution in [0.2, 0.25) is 0 Å². The third kappa shape index (κ3) is 5.33. The van der Waals surface area contributed by atoms with Gasteiger partial charge >= 0.3 is 6.61 Å². The summed E-state index contributed by atoms with van der Waals surface area (Å²) in [6.45, 7) is -2.57. The summed E-state index contributed by atoms with van der Waals surface area (Å²) in [5.74, 6) is 0.337. The zero-order valence-electron chi connectivity index (χ0n) is 11.3. The summed E-state index contributed by atoms with van der Waals surface area (Å²) in [4.78, 5) is 11.6. The number of carbonyl (C=O) groups excluding carboxylic acids is 1. The minimum atomic E-state index is -2.85. The number of furan rings is 1. The molecule has 22 heavy (non-hydrogen) atoms. The molecule has 2 aromatic rings. The Balaban J connectivity index is 1.82. The Hall–Kier alpha value is -2.15. The van der Waals surface area contributed by atoms with Crippen LogP contribution in [0, 0.1) is 0 Å². The van der Waals surface area contributed by atoms with Crippen LogP contribution in [0.3, 0.4) is 0 Å². The Bertz CT molecular complexity index is 653. The fraction of sp³-hybridized carbons (Fsp3) is 0.133. The van der Waals surface area contributed by atoms with E-state index < -0.39 is 6.61 Å². The molecule has 0 aliphatic heterocycles. The lowest BCUT2D eigenvalue weighted by Gasteiger charge is -2.06. The van der Waals surface area contributed by atoms with E-state index in [0.29, 0.717) is 10.4 Å². The van der Waals surface area contributed by atoms with E-state index in [-0.39, 0.29) is 18.2 Å². The first-order valence-corrected chi connectivity index (χ1v) is 7.07. The average molecular weight is 372 g/mol. The van der Waals surface area contributed by atoms with Gasteiger partial charge in [0.2, 0.25) is 5.91 Å². The van der Waals surface area contributed by atoms with E-state index in [0.717, 1.165) is 5.56 Å². The summed E-state index contributed by atoms with van der Waals surface area (Å²) in [5, 5.41) is 2.67. The molecule has 1 aromatic heterocycles. The SMILES string of the molecule is O=C(/C=C/c1ccc(Br)o1)NCc1ccc(OC(F)F)cc1. The van der Waals surface area contributed by atoms with Crippen molar-refractivity contribution in [1.29, 1.82) is 0 Å². The first kappa shape index (κ1) is 16.2. The van der Waals surface area contributed by atoms with Crippen LogP contribution in [0.25, 0.3) is 6.08 Å². The molecule has 7 heteroatoms. The van der Waals surface area contributed by atoms with Crippen LogP contribution in [0.4, 0.5) is 8.78 Å². The maximum Gasteiger partial charge on any atom is 0.387 e. The third-order valence-corrected chi connectivity index (χ3v) is 3.03. The highest BCUT2D eigenvalue weighted by Crippen LogP contribution is 2.16. The maximum absolute atomic E-state index is 12.0. The number of carbonyl (C=O) groups is 1. The quantitative estimate of drug-likeness (QED) is 0.781. The van der Waals surface area contributed by atoms with Gasteiger partial charge in [-0.2, -0.15) is 8.78 Å². The van der Waals surface area contributed by atoms with Crippen molar-refractivity contribution in [1.82, 2.24) is 5.32 Å². The standard InChI is InChI=1S/C15H12BrF2NO3/c16-13-7-5-11(21-13)6-8-14(20)19-9-10-1-3-12(4-2-10)22-15(17)18/h1-8,15H,9H2,(H,19,20)/b8-6+. The van der Waals surface area contributed by atoms with Crippen LogP contribution in [0.15, 0.2) is 51.6 Å². The van der Waals surface area contributed by atoms with Crippen molar-refractivity contribution in [2.45, 2.75) is 13.2 Å². The summed E-state index contributed by atoms with van der Waals surface area (Å²) in [7, 11) is 0. The van der Waals surface area contributed by atoms with Crippen molar-refractivity contribution in [2.24, 2.45) is 0 Å². The summed E-state index contributed by atoms with van der Waals surface area (Å²) in [5.41, 5.74) is 0.768. The molecule has 1 aromatic carbocycles. The second kappa shape index (κ2) is 7.74. The molecule has 0 fully saturated rings. The fourth-order valence-electron chi connectivity index (χ4n) is 1.61. The molecule has 0 radical (unpaired) electrons. The smallest absolute Gasteiger partial charge is 0.387 e. The van der Waals surface area contributed by atoms with Crippen molar-refractivity contribution in [3.63, 3.8) is 0 Å². The summed E-state index contributed by atoms with van der Waals surface area (Å²) < 4.78 is 34.0. The molecular weight excluding hydrogens is 360 g/mol. The van der Waals surface area contributed by atoms with Crippen molar-refractivity contribution < 1.29 is 22.7 Å². The van der Waals surface area contributed by atoms with Crippen LogP contribution in [0.1, 0.15) is 11.3 Å². The third-order valence-electron chi connectivity index (χ3n) is 2.61. The average Bonchev–Trinajstić information content (AvgIpc) is 2.89. The summed E-state index contributed by atoms with van der Waals surface area (Å²) in [6.07, 6.45) is 2.89. The molecule has 1 heterocycles. The summed E-state index contributed by atoms with van der Waals surface area (Å²) >= 11 is 3.16. The van der Waals surface area contributed by atoms with E-state index >= 15 is 0 Å². The van der Waals surface area contributed by atoms with E-state index in [2.05, 4.69) is 26.0 Å². The van der Waals surface area contributed by atoms with Gasteiger partial charge in [0.1, 0.15) is 11.5 Å². The number of halogens is 3. The van der Waals surface area contributed by atoms with E-state index in [9.17, 15) is 13.6 Å². The van der Waals surface area contributed by atoms with Crippen LogP contribution in [0.5, 0.6) is 5.75 Å². The molecule has 116 valence electrons. The van der Waals surface area contributed by atoms with Gasteiger partial charge < -0.3 is 14.5 Å². The Morgan fingerprint density at radius 1 is 1.27 bits per heavy atom. The fourth-order valence-corrected chi connectivity index (χ4v) is 1.93. The number of alkyl halides is 2. The number of ether oxygens (including phenoxy) is 1. The van der Waals surface area contributed by atoms with Gasteiger partial charge in [0.25, 0.3) is 0 Å². The van der Waals surface area contributed by atoms with Gasteiger partial charge in [0, 0.05) is 12.6 Å². The lowest BCUT2D eigenvalue weighted by Crippen LogP contribution is -2.20. The van der Waals surface area contributed by atoms with Gasteiger partial charge in [-0.3, -0.25) is 4.79 Å². The predicted octanol–water partition coefficient (Wildman–Crippen LogP) is 3.97. The molecular formula is C15H12BrF2NO3. The number of hydrogen-bond donors (Lipinski definition) is 1. The molecule has 0 bridgehead atoms. The molecule has 0 aliphatic carbocycles. The molecule has 2 rings (SSSR count). The van der Waals surface area contributed by atoms with E-state index in [1.807, 2.05) is 0 Å². The number of nitrogens with one attached hydrogen (secondary N) is 1. The van der Waals surface area contributed by atoms with Gasteiger partial charge in [0.15, 0.2) is 4.67 Å². The molecule has 0 unspecified atom stereocenters. The summed E-state index contributed by atoms with van der Waals surface area (Å²) in [6, 6.07) is 9.49. The van der Waals surface area contributed by atoms with Gasteiger partial charge in [-0.1, -0.05) is 12.1 Å². The van der Waals surface area contributed by atoms with Gasteiger partial charge in [-0.25, -0.2) is 0 Å². The molecule has 0 saturated heterocycles. The minimum absolute atomic E-state index is 0.0772. The molecule has 0 saturated carbocycles. The molecule has 0 spiro atoms. The van der Waals surface area contributed by atoms with E-state index in [4.69, 9.17) is 4.42 Å². The number of hydrogen-bond acceptors (Lipinski definition) is 3. The van der Waals surface area contributed by atoms with Crippen molar-refractivity contribution in [3.8, 4) is 5.75 Å². The number of amides is 1. The van der Waals surface area contributed by atoms with Crippen molar-refractivity contribution in [3.05, 3.63) is 58.5 Å². The largest absolute Gasteiger partial charge is 0.450 e. The van der Waals surface area contributed by atoms with Crippen molar-refractivity contribution in [2.75, 3.05) is 0 Å². The number of rotatable bonds is 6. The van der Waals surface area contributed by atoms with E-state index in [1.54, 1.807) is 30.3 Å². The molecule has 1 amide bonds. The molecule has 4 nitrogen and oxygen atoms in total. The monoisotopic (exact) mass is 371 g/mol. The topological polar surface area (TPSA) is 51.5 Å².